The Morgan fingerprint density at radius 2 is 2.27 bits per heavy atom. The Morgan fingerprint density at radius 1 is 1.53 bits per heavy atom. The Hall–Kier alpha value is -0.640. The zero-order valence-corrected chi connectivity index (χ0v) is 10.7. The number of halogens is 1. The summed E-state index contributed by atoms with van der Waals surface area (Å²) < 4.78 is 0. The Kier molecular flexibility index (Phi) is 3.24. The maximum Gasteiger partial charge on any atom is 0.225 e. The van der Waals surface area contributed by atoms with E-state index in [1.165, 1.54) is 12.8 Å². The lowest BCUT2D eigenvalue weighted by Gasteiger charge is -2.34. The van der Waals surface area contributed by atoms with E-state index in [2.05, 4.69) is 37.8 Å². The number of rotatable bonds is 3. The van der Waals surface area contributed by atoms with Crippen LogP contribution in [-0.2, 0) is 0 Å². The molecule has 15 heavy (non-hydrogen) atoms. The first-order valence-electron chi connectivity index (χ1n) is 5.30. The van der Waals surface area contributed by atoms with E-state index in [1.54, 1.807) is 0 Å². The molecule has 0 unspecified atom stereocenters. The minimum Gasteiger partial charge on any atom is -0.344 e. The summed E-state index contributed by atoms with van der Waals surface area (Å²) in [6.45, 7) is 3.06. The van der Waals surface area contributed by atoms with Crippen molar-refractivity contribution in [3.63, 3.8) is 0 Å². The lowest BCUT2D eigenvalue weighted by Crippen LogP contribution is -2.35. The molecule has 0 spiro atoms. The molecule has 3 nitrogen and oxygen atoms in total. The molecule has 1 heterocycles. The summed E-state index contributed by atoms with van der Waals surface area (Å²) in [5.41, 5.74) is 1.03. The van der Waals surface area contributed by atoms with Gasteiger partial charge in [0.25, 0.3) is 0 Å². The molecule has 1 fully saturated rings. The van der Waals surface area contributed by atoms with Gasteiger partial charge >= 0.3 is 0 Å². The molecule has 4 heteroatoms. The quantitative estimate of drug-likeness (QED) is 0.790. The van der Waals surface area contributed by atoms with Crippen molar-refractivity contribution >= 4 is 21.9 Å². The van der Waals surface area contributed by atoms with Crippen LogP contribution in [0, 0.1) is 12.8 Å². The fourth-order valence-corrected chi connectivity index (χ4v) is 2.95. The van der Waals surface area contributed by atoms with Crippen LogP contribution in [0.3, 0.4) is 0 Å². The molecule has 0 amide bonds. The molecule has 1 aliphatic carbocycles. The molecular formula is C11H16BrN3. The van der Waals surface area contributed by atoms with Crippen molar-refractivity contribution in [1.82, 2.24) is 9.97 Å². The number of nitrogens with zero attached hydrogens (tertiary/aromatic N) is 3. The van der Waals surface area contributed by atoms with E-state index < -0.39 is 0 Å². The van der Waals surface area contributed by atoms with Gasteiger partial charge in [0.05, 0.1) is 0 Å². The summed E-state index contributed by atoms with van der Waals surface area (Å²) in [4.78, 5) is 11.6. The van der Waals surface area contributed by atoms with Crippen LogP contribution in [0.15, 0.2) is 12.3 Å². The predicted molar refractivity (Wildman–Crippen MR) is 65.5 cm³/mol. The number of aryl methyl sites for hydroxylation is 1. The molecular weight excluding hydrogens is 254 g/mol. The number of aromatic nitrogens is 2. The standard InChI is InChI=1S/C11H16BrN3/c1-8-3-4-13-11(14-8)15(2)7-9-5-10(12)6-9/h3-4,9-10H,5-7H2,1-2H3. The smallest absolute Gasteiger partial charge is 0.225 e. The summed E-state index contributed by atoms with van der Waals surface area (Å²) in [5.74, 6) is 1.64. The number of anilines is 1. The summed E-state index contributed by atoms with van der Waals surface area (Å²) in [5, 5.41) is 0. The van der Waals surface area contributed by atoms with Crippen LogP contribution in [0.1, 0.15) is 18.5 Å². The van der Waals surface area contributed by atoms with Gasteiger partial charge in [0.2, 0.25) is 5.95 Å². The van der Waals surface area contributed by atoms with Crippen LogP contribution in [0.5, 0.6) is 0 Å². The van der Waals surface area contributed by atoms with E-state index >= 15 is 0 Å². The first-order valence-corrected chi connectivity index (χ1v) is 6.21. The Morgan fingerprint density at radius 3 is 2.87 bits per heavy atom. The summed E-state index contributed by atoms with van der Waals surface area (Å²) in [6, 6.07) is 1.93. The number of hydrogen-bond donors (Lipinski definition) is 0. The van der Waals surface area contributed by atoms with E-state index in [0.29, 0.717) is 0 Å². The van der Waals surface area contributed by atoms with Gasteiger partial charge in [-0.25, -0.2) is 9.97 Å². The van der Waals surface area contributed by atoms with Gasteiger partial charge < -0.3 is 4.90 Å². The molecule has 0 atom stereocenters. The minimum absolute atomic E-state index is 0.731. The van der Waals surface area contributed by atoms with E-state index in [9.17, 15) is 0 Å². The zero-order chi connectivity index (χ0) is 10.8. The molecule has 2 rings (SSSR count). The Balaban J connectivity index is 1.93. The fraction of sp³-hybridized carbons (Fsp3) is 0.636. The van der Waals surface area contributed by atoms with Gasteiger partial charge in [-0.15, -0.1) is 0 Å². The molecule has 0 bridgehead atoms. The van der Waals surface area contributed by atoms with Gasteiger partial charge in [-0.2, -0.15) is 0 Å². The highest BCUT2D eigenvalue weighted by Crippen LogP contribution is 2.33. The molecule has 1 aromatic heterocycles. The fourth-order valence-electron chi connectivity index (χ4n) is 1.89. The maximum absolute atomic E-state index is 4.41. The second kappa shape index (κ2) is 4.47. The lowest BCUT2D eigenvalue weighted by atomic mass is 9.85. The van der Waals surface area contributed by atoms with E-state index in [-0.39, 0.29) is 0 Å². The van der Waals surface area contributed by atoms with E-state index in [1.807, 2.05) is 19.2 Å². The predicted octanol–water partition coefficient (Wildman–Crippen LogP) is 2.39. The summed E-state index contributed by atoms with van der Waals surface area (Å²) >= 11 is 3.61. The van der Waals surface area contributed by atoms with Gasteiger partial charge in [-0.05, 0) is 31.7 Å². The van der Waals surface area contributed by atoms with Crippen molar-refractivity contribution in [3.05, 3.63) is 18.0 Å². The van der Waals surface area contributed by atoms with Crippen molar-refractivity contribution in [3.8, 4) is 0 Å². The molecule has 1 aliphatic rings. The highest BCUT2D eigenvalue weighted by Gasteiger charge is 2.28. The third-order valence-corrected chi connectivity index (χ3v) is 3.58. The average Bonchev–Trinajstić information content (AvgIpc) is 2.15. The van der Waals surface area contributed by atoms with Gasteiger partial charge in [0.15, 0.2) is 0 Å². The highest BCUT2D eigenvalue weighted by atomic mass is 79.9. The molecule has 1 aromatic rings. The zero-order valence-electron chi connectivity index (χ0n) is 9.15. The number of hydrogen-bond acceptors (Lipinski definition) is 3. The van der Waals surface area contributed by atoms with Crippen LogP contribution >= 0.6 is 15.9 Å². The van der Waals surface area contributed by atoms with Crippen molar-refractivity contribution in [2.45, 2.75) is 24.6 Å². The van der Waals surface area contributed by atoms with Gasteiger partial charge in [-0.1, -0.05) is 15.9 Å². The van der Waals surface area contributed by atoms with Crippen LogP contribution in [-0.4, -0.2) is 28.4 Å². The van der Waals surface area contributed by atoms with Crippen LogP contribution in [0.4, 0.5) is 5.95 Å². The molecule has 0 aliphatic heterocycles. The van der Waals surface area contributed by atoms with E-state index in [0.717, 1.165) is 28.9 Å². The topological polar surface area (TPSA) is 29.0 Å². The molecule has 0 radical (unpaired) electrons. The molecule has 0 saturated heterocycles. The molecule has 82 valence electrons. The van der Waals surface area contributed by atoms with Crippen LogP contribution < -0.4 is 4.90 Å². The second-order valence-corrected chi connectivity index (χ2v) is 5.61. The summed E-state index contributed by atoms with van der Waals surface area (Å²) in [7, 11) is 2.07. The Bertz CT molecular complexity index is 336. The van der Waals surface area contributed by atoms with Crippen molar-refractivity contribution < 1.29 is 0 Å². The lowest BCUT2D eigenvalue weighted by molar-refractivity contribution is 0.338. The van der Waals surface area contributed by atoms with Gasteiger partial charge in [-0.3, -0.25) is 0 Å². The maximum atomic E-state index is 4.41. The average molecular weight is 270 g/mol. The van der Waals surface area contributed by atoms with Crippen molar-refractivity contribution in [2.24, 2.45) is 5.92 Å². The Labute approximate surface area is 99.0 Å². The van der Waals surface area contributed by atoms with Crippen molar-refractivity contribution in [2.75, 3.05) is 18.5 Å². The summed E-state index contributed by atoms with van der Waals surface area (Å²) in [6.07, 6.45) is 4.37. The second-order valence-electron chi connectivity index (χ2n) is 4.31. The van der Waals surface area contributed by atoms with Gasteiger partial charge in [0, 0.05) is 30.3 Å². The monoisotopic (exact) mass is 269 g/mol. The highest BCUT2D eigenvalue weighted by molar-refractivity contribution is 9.09. The third kappa shape index (κ3) is 2.68. The molecule has 1 saturated carbocycles. The molecule has 0 aromatic carbocycles. The first-order chi connectivity index (χ1) is 7.15. The van der Waals surface area contributed by atoms with Crippen LogP contribution in [0.25, 0.3) is 0 Å². The molecule has 0 N–H and O–H groups in total. The SMILES string of the molecule is Cc1ccnc(N(C)CC2CC(Br)C2)n1. The minimum atomic E-state index is 0.731. The number of alkyl halides is 1. The van der Waals surface area contributed by atoms with Gasteiger partial charge in [0.1, 0.15) is 0 Å². The largest absolute Gasteiger partial charge is 0.344 e. The van der Waals surface area contributed by atoms with Crippen LogP contribution in [0.2, 0.25) is 0 Å². The van der Waals surface area contributed by atoms with E-state index in [4.69, 9.17) is 0 Å². The first kappa shape index (κ1) is 10.9. The normalized spacial score (nSPS) is 24.7. The van der Waals surface area contributed by atoms with Crippen molar-refractivity contribution in [1.29, 1.82) is 0 Å². The third-order valence-electron chi connectivity index (χ3n) is 2.83.